The summed E-state index contributed by atoms with van der Waals surface area (Å²) in [7, 11) is 1.73. The molecule has 0 N–H and O–H groups in total. The molecule has 0 amide bonds. The van der Waals surface area contributed by atoms with Crippen LogP contribution in [0, 0.1) is 31.4 Å². The van der Waals surface area contributed by atoms with Gasteiger partial charge in [0, 0.05) is 0 Å². The number of aryl methyl sites for hydroxylation is 1. The highest BCUT2D eigenvalue weighted by atomic mass is 19.1. The third-order valence-corrected chi connectivity index (χ3v) is 5.40. The summed E-state index contributed by atoms with van der Waals surface area (Å²) in [4.78, 5) is 0. The van der Waals surface area contributed by atoms with E-state index in [0.29, 0.717) is 28.8 Å². The minimum absolute atomic E-state index is 0.235. The molecule has 0 bridgehead atoms. The predicted molar refractivity (Wildman–Crippen MR) is 106 cm³/mol. The summed E-state index contributed by atoms with van der Waals surface area (Å²) in [5.74, 6) is 0.375. The first-order valence-electron chi connectivity index (χ1n) is 9.24. The molecule has 4 heteroatoms. The lowest BCUT2D eigenvalue weighted by Crippen LogP contribution is -2.14. The van der Waals surface area contributed by atoms with E-state index in [1.165, 1.54) is 5.57 Å². The van der Waals surface area contributed by atoms with Crippen LogP contribution < -0.4 is 10.2 Å². The molecule has 0 heterocycles. The second-order valence-electron chi connectivity index (χ2n) is 7.45. The Balaban J connectivity index is 1.84. The van der Waals surface area contributed by atoms with Crippen molar-refractivity contribution in [1.82, 2.24) is 0 Å². The molecular weight excluding hydrogens is 329 g/mol. The first-order chi connectivity index (χ1) is 12.4. The van der Waals surface area contributed by atoms with Gasteiger partial charge in [-0.1, -0.05) is 31.2 Å². The fraction of sp³-hybridized carbons (Fsp3) is 0.364. The van der Waals surface area contributed by atoms with Crippen molar-refractivity contribution in [3.05, 3.63) is 58.7 Å². The van der Waals surface area contributed by atoms with Crippen LogP contribution in [-0.4, -0.2) is 14.5 Å². The smallest absolute Gasteiger partial charge is 0.168 e. The van der Waals surface area contributed by atoms with Gasteiger partial charge in [0.05, 0.1) is 0 Å². The molecule has 1 unspecified atom stereocenters. The van der Waals surface area contributed by atoms with Crippen molar-refractivity contribution >= 4 is 13.3 Å². The SMILES string of the molecule is Bc1c(-c2ccc(OCC3=CCC(C)CC3)c(F)c2C)ccc(C)c1F. The Morgan fingerprint density at radius 2 is 1.81 bits per heavy atom. The van der Waals surface area contributed by atoms with Crippen LogP contribution in [0.2, 0.25) is 0 Å². The van der Waals surface area contributed by atoms with Crippen LogP contribution in [0.15, 0.2) is 35.9 Å². The van der Waals surface area contributed by atoms with Crippen LogP contribution in [0.5, 0.6) is 5.75 Å². The maximum absolute atomic E-state index is 14.8. The molecule has 1 nitrogen and oxygen atoms in total. The van der Waals surface area contributed by atoms with Gasteiger partial charge in [0.1, 0.15) is 20.3 Å². The van der Waals surface area contributed by atoms with Crippen molar-refractivity contribution < 1.29 is 13.5 Å². The van der Waals surface area contributed by atoms with E-state index in [1.54, 1.807) is 33.8 Å². The molecule has 0 spiro atoms. The van der Waals surface area contributed by atoms with E-state index in [-0.39, 0.29) is 17.4 Å². The van der Waals surface area contributed by atoms with E-state index < -0.39 is 0 Å². The van der Waals surface area contributed by atoms with Crippen molar-refractivity contribution in [1.29, 1.82) is 0 Å². The van der Waals surface area contributed by atoms with Crippen LogP contribution in [-0.2, 0) is 0 Å². The van der Waals surface area contributed by atoms with E-state index in [4.69, 9.17) is 4.74 Å². The van der Waals surface area contributed by atoms with Gasteiger partial charge < -0.3 is 4.74 Å². The number of allylic oxidation sites excluding steroid dienone is 1. The number of hydrogen-bond acceptors (Lipinski definition) is 1. The van der Waals surface area contributed by atoms with Crippen molar-refractivity contribution in [2.24, 2.45) is 5.92 Å². The van der Waals surface area contributed by atoms with Crippen molar-refractivity contribution in [3.8, 4) is 16.9 Å². The zero-order valence-electron chi connectivity index (χ0n) is 16.0. The molecule has 0 aliphatic heterocycles. The standard InChI is InChI=1S/C22H25BF2O/c1-13-4-7-16(8-5-13)12-26-19-11-10-17(15(3)22(19)25)18-9-6-14(2)21(24)20(18)23/h6-7,9-11,13H,4-5,8,12,23H2,1-3H3. The van der Waals surface area contributed by atoms with E-state index >= 15 is 0 Å². The van der Waals surface area contributed by atoms with Gasteiger partial charge in [-0.05, 0) is 78.4 Å². The Morgan fingerprint density at radius 1 is 1.08 bits per heavy atom. The Kier molecular flexibility index (Phi) is 5.50. The molecule has 136 valence electrons. The first-order valence-corrected chi connectivity index (χ1v) is 9.24. The molecule has 0 fully saturated rings. The van der Waals surface area contributed by atoms with Gasteiger partial charge in [0.25, 0.3) is 0 Å². The van der Waals surface area contributed by atoms with Crippen molar-refractivity contribution in [2.45, 2.75) is 40.0 Å². The van der Waals surface area contributed by atoms with Gasteiger partial charge in [-0.2, -0.15) is 0 Å². The highest BCUT2D eigenvalue weighted by Gasteiger charge is 2.17. The van der Waals surface area contributed by atoms with Crippen LogP contribution in [0.1, 0.15) is 37.3 Å². The molecule has 0 saturated carbocycles. The Hall–Kier alpha value is -2.10. The average molecular weight is 354 g/mol. The third kappa shape index (κ3) is 3.69. The highest BCUT2D eigenvalue weighted by molar-refractivity contribution is 6.36. The topological polar surface area (TPSA) is 9.23 Å². The number of rotatable bonds is 4. The summed E-state index contributed by atoms with van der Waals surface area (Å²) in [6.07, 6.45) is 5.46. The zero-order valence-corrected chi connectivity index (χ0v) is 16.0. The van der Waals surface area contributed by atoms with Gasteiger partial charge in [0.2, 0.25) is 0 Å². The van der Waals surface area contributed by atoms with E-state index in [9.17, 15) is 8.78 Å². The van der Waals surface area contributed by atoms with Crippen LogP contribution >= 0.6 is 0 Å². The maximum atomic E-state index is 14.8. The van der Waals surface area contributed by atoms with Gasteiger partial charge >= 0.3 is 0 Å². The third-order valence-electron chi connectivity index (χ3n) is 5.40. The molecule has 1 atom stereocenters. The fourth-order valence-electron chi connectivity index (χ4n) is 3.50. The second-order valence-corrected chi connectivity index (χ2v) is 7.45. The van der Waals surface area contributed by atoms with Gasteiger partial charge in [-0.3, -0.25) is 0 Å². The second kappa shape index (κ2) is 7.65. The molecule has 1 aliphatic rings. The van der Waals surface area contributed by atoms with Crippen LogP contribution in [0.25, 0.3) is 11.1 Å². The van der Waals surface area contributed by atoms with Gasteiger partial charge in [-0.25, -0.2) is 8.78 Å². The molecule has 0 radical (unpaired) electrons. The van der Waals surface area contributed by atoms with E-state index in [0.717, 1.165) is 30.7 Å². The summed E-state index contributed by atoms with van der Waals surface area (Å²) < 4.78 is 34.8. The van der Waals surface area contributed by atoms with Crippen molar-refractivity contribution in [3.63, 3.8) is 0 Å². The van der Waals surface area contributed by atoms with Crippen molar-refractivity contribution in [2.75, 3.05) is 6.61 Å². The van der Waals surface area contributed by atoms with Gasteiger partial charge in [0.15, 0.2) is 11.6 Å². The summed E-state index contributed by atoms with van der Waals surface area (Å²) in [5.41, 5.74) is 4.29. The Morgan fingerprint density at radius 3 is 2.50 bits per heavy atom. The lowest BCUT2D eigenvalue weighted by atomic mass is 9.84. The number of hydrogen-bond donors (Lipinski definition) is 0. The number of halogens is 2. The highest BCUT2D eigenvalue weighted by Crippen LogP contribution is 2.31. The molecule has 2 aromatic rings. The Bertz CT molecular complexity index is 858. The molecule has 0 aromatic heterocycles. The van der Waals surface area contributed by atoms with Crippen LogP contribution in [0.3, 0.4) is 0 Å². The lowest BCUT2D eigenvalue weighted by molar-refractivity contribution is 0.320. The predicted octanol–water partition coefficient (Wildman–Crippen LogP) is 4.63. The number of ether oxygens (including phenoxy) is 1. The van der Waals surface area contributed by atoms with E-state index in [2.05, 4.69) is 13.0 Å². The molecular formula is C22H25BF2O. The van der Waals surface area contributed by atoms with E-state index in [1.807, 2.05) is 12.1 Å². The molecule has 0 saturated heterocycles. The maximum Gasteiger partial charge on any atom is 0.168 e. The molecule has 2 aromatic carbocycles. The summed E-state index contributed by atoms with van der Waals surface area (Å²) in [6, 6.07) is 7.06. The largest absolute Gasteiger partial charge is 0.486 e. The number of benzene rings is 2. The average Bonchev–Trinajstić information content (AvgIpc) is 2.63. The molecule has 1 aliphatic carbocycles. The first kappa shape index (κ1) is 18.7. The fourth-order valence-corrected chi connectivity index (χ4v) is 3.50. The normalized spacial score (nSPS) is 17.1. The zero-order chi connectivity index (χ0) is 18.8. The Labute approximate surface area is 155 Å². The molecule has 26 heavy (non-hydrogen) atoms. The monoisotopic (exact) mass is 354 g/mol. The quantitative estimate of drug-likeness (QED) is 0.575. The van der Waals surface area contributed by atoms with Crippen LogP contribution in [0.4, 0.5) is 8.78 Å². The summed E-state index contributed by atoms with van der Waals surface area (Å²) in [5, 5.41) is 0. The minimum atomic E-state index is -0.368. The minimum Gasteiger partial charge on any atom is -0.486 e. The summed E-state index contributed by atoms with van der Waals surface area (Å²) >= 11 is 0. The summed E-state index contributed by atoms with van der Waals surface area (Å²) in [6.45, 7) is 6.12. The molecule has 3 rings (SSSR count). The lowest BCUT2D eigenvalue weighted by Gasteiger charge is -2.19. The van der Waals surface area contributed by atoms with Gasteiger partial charge in [-0.15, -0.1) is 0 Å².